The van der Waals surface area contributed by atoms with Crippen LogP contribution < -0.4 is 4.72 Å². The van der Waals surface area contributed by atoms with Crippen LogP contribution in [0, 0.1) is 52.3 Å². The number of ether oxygens (including phenoxy) is 1. The second-order valence-electron chi connectivity index (χ2n) is 16.7. The van der Waals surface area contributed by atoms with Gasteiger partial charge in [0, 0.05) is 0 Å². The number of amides is 1. The van der Waals surface area contributed by atoms with Crippen LogP contribution in [-0.4, -0.2) is 32.3 Å². The lowest BCUT2D eigenvalue weighted by Crippen LogP contribution is -2.56. The van der Waals surface area contributed by atoms with Crippen molar-refractivity contribution in [1.29, 1.82) is 0 Å². The molecule has 2 unspecified atom stereocenters. The van der Waals surface area contributed by atoms with E-state index in [1.165, 1.54) is 57.1 Å². The van der Waals surface area contributed by atoms with Crippen molar-refractivity contribution in [2.24, 2.45) is 52.3 Å². The van der Waals surface area contributed by atoms with Gasteiger partial charge in [0.2, 0.25) is 0 Å². The maximum atomic E-state index is 12.7. The highest BCUT2D eigenvalue weighted by atomic mass is 32.2. The topological polar surface area (TPSA) is 92.7 Å². The van der Waals surface area contributed by atoms with Crippen molar-refractivity contribution >= 4 is 16.1 Å². The predicted molar refractivity (Wildman–Crippen MR) is 176 cm³/mol. The number of rotatable bonds is 8. The zero-order valence-electron chi connectivity index (χ0n) is 28.4. The second kappa shape index (κ2) is 12.5. The number of fused-ring (bicyclic) bond motifs is 5. The first-order valence-corrected chi connectivity index (χ1v) is 19.1. The van der Waals surface area contributed by atoms with Crippen LogP contribution >= 0.6 is 0 Å². The minimum absolute atomic E-state index is 0.0589. The molecule has 4 fully saturated rings. The van der Waals surface area contributed by atoms with Crippen LogP contribution in [0.25, 0.3) is 0 Å². The molecule has 2 N–H and O–H groups in total. The van der Waals surface area contributed by atoms with E-state index in [1.54, 1.807) is 12.1 Å². The SMILES string of the molecule is CC[C@H]1C[C@H]2C3CCC([C@H](C)CCCOC(=O)NS(=O)(=O)c4ccc(C(C)(C)C)cc4)[C@@]3(C)CC[C@@H]2[C@@]2(C)CC[C@@H](O)C[C@@H]12. The molecule has 1 amide bonds. The molecule has 7 heteroatoms. The molecule has 4 saturated carbocycles. The second-order valence-corrected chi connectivity index (χ2v) is 18.4. The minimum atomic E-state index is -3.98. The Kier molecular flexibility index (Phi) is 9.62. The van der Waals surface area contributed by atoms with Gasteiger partial charge in [-0.15, -0.1) is 0 Å². The molecule has 44 heavy (non-hydrogen) atoms. The standard InChI is InChI=1S/C37H59NO5S/c1-8-25-22-29-31-16-15-30(36(31,6)20-18-32(29)37(7)19-17-27(39)23-33(25)37)24(2)10-9-21-43-34(40)38-44(41,42)28-13-11-26(12-14-28)35(3,4)5/h11-14,24-25,27,29-33,39H,8-10,15-23H2,1-7H3,(H,38,40)/t24-,25+,27-,29+,30?,31?,32+,33+,36-,37-/m1/s1. The van der Waals surface area contributed by atoms with E-state index >= 15 is 0 Å². The third-order valence-electron chi connectivity index (χ3n) is 13.4. The molecule has 248 valence electrons. The van der Waals surface area contributed by atoms with E-state index < -0.39 is 16.1 Å². The number of sulfonamides is 1. The van der Waals surface area contributed by atoms with Gasteiger partial charge in [-0.05, 0) is 140 Å². The summed E-state index contributed by atoms with van der Waals surface area (Å²) in [6.07, 6.45) is 11.7. The number of hydrogen-bond acceptors (Lipinski definition) is 5. The highest BCUT2D eigenvalue weighted by molar-refractivity contribution is 7.90. The summed E-state index contributed by atoms with van der Waals surface area (Å²) in [5.41, 5.74) is 1.69. The predicted octanol–water partition coefficient (Wildman–Crippen LogP) is 8.47. The average molecular weight is 630 g/mol. The fourth-order valence-corrected chi connectivity index (χ4v) is 11.9. The number of nitrogens with one attached hydrogen (secondary N) is 1. The molecule has 0 aliphatic heterocycles. The third kappa shape index (κ3) is 6.35. The van der Waals surface area contributed by atoms with Crippen molar-refractivity contribution in [3.8, 4) is 0 Å². The van der Waals surface area contributed by atoms with E-state index in [0.29, 0.717) is 28.6 Å². The molecule has 4 aliphatic carbocycles. The smallest absolute Gasteiger partial charge is 0.421 e. The van der Waals surface area contributed by atoms with Crippen molar-refractivity contribution in [2.75, 3.05) is 6.61 Å². The number of carbonyl (C=O) groups is 1. The van der Waals surface area contributed by atoms with Gasteiger partial charge < -0.3 is 9.84 Å². The van der Waals surface area contributed by atoms with Crippen molar-refractivity contribution < 1.29 is 23.1 Å². The first-order chi connectivity index (χ1) is 20.6. The van der Waals surface area contributed by atoms with E-state index in [-0.39, 0.29) is 23.0 Å². The molecule has 10 atom stereocenters. The van der Waals surface area contributed by atoms with Gasteiger partial charge in [0.1, 0.15) is 0 Å². The van der Waals surface area contributed by atoms with Gasteiger partial charge >= 0.3 is 6.09 Å². The van der Waals surface area contributed by atoms with Crippen LogP contribution in [0.3, 0.4) is 0 Å². The summed E-state index contributed by atoms with van der Waals surface area (Å²) >= 11 is 0. The number of benzene rings is 1. The van der Waals surface area contributed by atoms with Crippen molar-refractivity contribution in [3.05, 3.63) is 29.8 Å². The Balaban J connectivity index is 1.13. The molecule has 0 radical (unpaired) electrons. The molecular formula is C37H59NO5S. The first kappa shape index (κ1) is 33.8. The van der Waals surface area contributed by atoms with Crippen molar-refractivity contribution in [1.82, 2.24) is 4.72 Å². The summed E-state index contributed by atoms with van der Waals surface area (Å²) in [6.45, 7) is 16.4. The molecule has 5 rings (SSSR count). The lowest BCUT2D eigenvalue weighted by atomic mass is 9.42. The summed E-state index contributed by atoms with van der Waals surface area (Å²) in [4.78, 5) is 12.5. The number of aliphatic hydroxyl groups excluding tert-OH is 1. The van der Waals surface area contributed by atoms with Gasteiger partial charge in [0.25, 0.3) is 10.0 Å². The van der Waals surface area contributed by atoms with Crippen molar-refractivity contribution in [3.63, 3.8) is 0 Å². The average Bonchev–Trinajstić information content (AvgIpc) is 3.32. The van der Waals surface area contributed by atoms with Gasteiger partial charge in [-0.1, -0.05) is 67.0 Å². The summed E-state index contributed by atoms with van der Waals surface area (Å²) in [5, 5.41) is 10.5. The summed E-state index contributed by atoms with van der Waals surface area (Å²) in [5.74, 6) is 5.04. The Bertz CT molecular complexity index is 1270. The van der Waals surface area contributed by atoms with Gasteiger partial charge in [0.05, 0.1) is 17.6 Å². The normalized spacial score (nSPS) is 37.8. The molecule has 0 heterocycles. The van der Waals surface area contributed by atoms with Gasteiger partial charge in [-0.25, -0.2) is 17.9 Å². The van der Waals surface area contributed by atoms with Gasteiger partial charge in [0.15, 0.2) is 0 Å². The molecule has 0 spiro atoms. The Hall–Kier alpha value is -1.60. The number of aliphatic hydroxyl groups is 1. The zero-order chi connectivity index (χ0) is 32.1. The maximum Gasteiger partial charge on any atom is 0.421 e. The van der Waals surface area contributed by atoms with Crippen LogP contribution in [0.5, 0.6) is 0 Å². The van der Waals surface area contributed by atoms with E-state index in [0.717, 1.165) is 54.9 Å². The van der Waals surface area contributed by atoms with Gasteiger partial charge in [-0.2, -0.15) is 0 Å². The minimum Gasteiger partial charge on any atom is -0.449 e. The largest absolute Gasteiger partial charge is 0.449 e. The number of carbonyl (C=O) groups excluding carboxylic acids is 1. The molecular weight excluding hydrogens is 570 g/mol. The van der Waals surface area contributed by atoms with Crippen LogP contribution in [0.1, 0.15) is 125 Å². The summed E-state index contributed by atoms with van der Waals surface area (Å²) in [6, 6.07) is 6.65. The van der Waals surface area contributed by atoms with E-state index in [9.17, 15) is 18.3 Å². The molecule has 6 nitrogen and oxygen atoms in total. The lowest BCUT2D eigenvalue weighted by Gasteiger charge is -2.63. The molecule has 0 saturated heterocycles. The van der Waals surface area contributed by atoms with E-state index in [2.05, 4.69) is 53.2 Å². The van der Waals surface area contributed by atoms with Crippen LogP contribution in [0.2, 0.25) is 0 Å². The van der Waals surface area contributed by atoms with Crippen molar-refractivity contribution in [2.45, 2.75) is 136 Å². The van der Waals surface area contributed by atoms with Crippen LogP contribution in [0.15, 0.2) is 29.2 Å². The molecule has 0 aromatic heterocycles. The highest BCUT2D eigenvalue weighted by Gasteiger charge is 2.62. The lowest BCUT2D eigenvalue weighted by molar-refractivity contribution is -0.152. The van der Waals surface area contributed by atoms with Gasteiger partial charge in [-0.3, -0.25) is 0 Å². The van der Waals surface area contributed by atoms with Crippen LogP contribution in [0.4, 0.5) is 4.79 Å². The maximum absolute atomic E-state index is 12.7. The van der Waals surface area contributed by atoms with Crippen LogP contribution in [-0.2, 0) is 20.2 Å². The van der Waals surface area contributed by atoms with E-state index in [1.807, 2.05) is 0 Å². The molecule has 4 aliphatic rings. The quantitative estimate of drug-likeness (QED) is 0.282. The Morgan fingerprint density at radius 1 is 1.00 bits per heavy atom. The Morgan fingerprint density at radius 3 is 2.32 bits per heavy atom. The Labute approximate surface area is 267 Å². The first-order valence-electron chi connectivity index (χ1n) is 17.6. The fraction of sp³-hybridized carbons (Fsp3) is 0.811. The summed E-state index contributed by atoms with van der Waals surface area (Å²) in [7, 11) is -3.98. The monoisotopic (exact) mass is 629 g/mol. The fourth-order valence-electron chi connectivity index (χ4n) is 11.0. The summed E-state index contributed by atoms with van der Waals surface area (Å²) < 4.78 is 32.8. The molecule has 1 aromatic carbocycles. The Morgan fingerprint density at radius 2 is 1.66 bits per heavy atom. The zero-order valence-corrected chi connectivity index (χ0v) is 29.2. The van der Waals surface area contributed by atoms with E-state index in [4.69, 9.17) is 4.74 Å². The molecule has 0 bridgehead atoms. The molecule has 1 aromatic rings. The highest BCUT2D eigenvalue weighted by Crippen LogP contribution is 2.69. The third-order valence-corrected chi connectivity index (χ3v) is 14.7. The number of hydrogen-bond donors (Lipinski definition) is 2.